The van der Waals surface area contributed by atoms with Crippen molar-refractivity contribution in [3.8, 4) is 17.3 Å². The predicted molar refractivity (Wildman–Crippen MR) is 106 cm³/mol. The molecule has 7 nitrogen and oxygen atoms in total. The molecule has 1 saturated heterocycles. The largest absolute Gasteiger partial charge is 0.371 e. The molecule has 28 heavy (non-hydrogen) atoms. The van der Waals surface area contributed by atoms with Gasteiger partial charge in [0.1, 0.15) is 6.10 Å². The van der Waals surface area contributed by atoms with Crippen LogP contribution in [0.1, 0.15) is 30.7 Å². The summed E-state index contributed by atoms with van der Waals surface area (Å²) >= 11 is 1.38. The van der Waals surface area contributed by atoms with Gasteiger partial charge >= 0.3 is 0 Å². The maximum absolute atomic E-state index is 12.9. The number of aromatic nitrogens is 3. The number of carbonyl (C=O) groups is 1. The first-order valence-corrected chi connectivity index (χ1v) is 9.97. The van der Waals surface area contributed by atoms with Crippen LogP contribution in [0.15, 0.2) is 41.9 Å². The Labute approximate surface area is 166 Å². The van der Waals surface area contributed by atoms with E-state index in [0.717, 1.165) is 23.5 Å². The summed E-state index contributed by atoms with van der Waals surface area (Å²) in [6.45, 7) is 3.30. The number of ether oxygens (including phenoxy) is 1. The van der Waals surface area contributed by atoms with Crippen LogP contribution in [0.4, 0.5) is 5.13 Å². The standard InChI is InChI=1S/C20H19N5O2S/c1-2-25-17(7-9-22-25)18-15(8-10-27-18)19(26)24-20-23-16(12-28-20)14-5-3-13(11-21)4-6-14/h3-7,9,12,15,18H,2,8,10H2,1H3,(H,23,24,26)/t15-,18-/m1/s1. The SMILES string of the molecule is CCn1nccc1[C@@H]1OCC[C@H]1C(=O)Nc1nc(-c2ccc(C#N)cc2)cs1. The van der Waals surface area contributed by atoms with Gasteiger partial charge in [0.2, 0.25) is 5.91 Å². The minimum atomic E-state index is -0.291. The van der Waals surface area contributed by atoms with Crippen molar-refractivity contribution >= 4 is 22.4 Å². The maximum Gasteiger partial charge on any atom is 0.232 e. The number of nitriles is 1. The fourth-order valence-electron chi connectivity index (χ4n) is 3.38. The molecule has 3 aromatic rings. The summed E-state index contributed by atoms with van der Waals surface area (Å²) in [6, 6.07) is 11.2. The van der Waals surface area contributed by atoms with Gasteiger partial charge in [-0.05, 0) is 31.5 Å². The summed E-state index contributed by atoms with van der Waals surface area (Å²) < 4.78 is 7.71. The summed E-state index contributed by atoms with van der Waals surface area (Å²) in [4.78, 5) is 17.4. The van der Waals surface area contributed by atoms with Crippen molar-refractivity contribution in [2.24, 2.45) is 5.92 Å². The number of hydrogen-bond donors (Lipinski definition) is 1. The lowest BCUT2D eigenvalue weighted by Gasteiger charge is -2.18. The average Bonchev–Trinajstić information content (AvgIpc) is 3.47. The number of nitrogens with zero attached hydrogens (tertiary/aromatic N) is 4. The van der Waals surface area contributed by atoms with Gasteiger partial charge in [-0.1, -0.05) is 12.1 Å². The second-order valence-electron chi connectivity index (χ2n) is 6.47. The molecule has 1 aromatic carbocycles. The highest BCUT2D eigenvalue weighted by atomic mass is 32.1. The number of benzene rings is 1. The molecule has 1 amide bonds. The summed E-state index contributed by atoms with van der Waals surface area (Å²) in [7, 11) is 0. The minimum absolute atomic E-state index is 0.0907. The van der Waals surface area contributed by atoms with Crippen LogP contribution in [-0.4, -0.2) is 27.3 Å². The third-order valence-electron chi connectivity index (χ3n) is 4.81. The van der Waals surface area contributed by atoms with E-state index in [0.29, 0.717) is 23.7 Å². The summed E-state index contributed by atoms with van der Waals surface area (Å²) in [6.07, 6.45) is 2.11. The topological polar surface area (TPSA) is 92.8 Å². The van der Waals surface area contributed by atoms with Crippen LogP contribution in [0.5, 0.6) is 0 Å². The number of anilines is 1. The van der Waals surface area contributed by atoms with E-state index in [1.165, 1.54) is 11.3 Å². The molecule has 2 aromatic heterocycles. The normalized spacial score (nSPS) is 18.7. The van der Waals surface area contributed by atoms with Gasteiger partial charge in [0, 0.05) is 30.3 Å². The molecule has 0 bridgehead atoms. The summed E-state index contributed by atoms with van der Waals surface area (Å²) in [5.41, 5.74) is 3.21. The molecule has 8 heteroatoms. The van der Waals surface area contributed by atoms with E-state index >= 15 is 0 Å². The van der Waals surface area contributed by atoms with Crippen LogP contribution in [-0.2, 0) is 16.1 Å². The van der Waals surface area contributed by atoms with Gasteiger partial charge < -0.3 is 10.1 Å². The molecule has 0 spiro atoms. The third kappa shape index (κ3) is 3.54. The number of thiazole rings is 1. The second-order valence-corrected chi connectivity index (χ2v) is 7.33. The number of aryl methyl sites for hydroxylation is 1. The molecule has 142 valence electrons. The maximum atomic E-state index is 12.9. The van der Waals surface area contributed by atoms with Gasteiger partial charge in [0.05, 0.1) is 28.9 Å². The molecule has 3 heterocycles. The van der Waals surface area contributed by atoms with Crippen LogP contribution in [0.25, 0.3) is 11.3 Å². The zero-order valence-corrected chi connectivity index (χ0v) is 16.1. The molecular weight excluding hydrogens is 374 g/mol. The van der Waals surface area contributed by atoms with Crippen LogP contribution >= 0.6 is 11.3 Å². The number of rotatable bonds is 5. The van der Waals surface area contributed by atoms with Crippen molar-refractivity contribution in [3.63, 3.8) is 0 Å². The molecule has 4 rings (SSSR count). The first-order valence-electron chi connectivity index (χ1n) is 9.10. The Morgan fingerprint density at radius 3 is 2.96 bits per heavy atom. The first-order chi connectivity index (χ1) is 13.7. The van der Waals surface area contributed by atoms with Crippen LogP contribution in [0, 0.1) is 17.2 Å². The Morgan fingerprint density at radius 2 is 2.21 bits per heavy atom. The Bertz CT molecular complexity index is 1020. The van der Waals surface area contributed by atoms with Gasteiger partial charge in [0.25, 0.3) is 0 Å². The van der Waals surface area contributed by atoms with Gasteiger partial charge in [-0.25, -0.2) is 4.98 Å². The van der Waals surface area contributed by atoms with E-state index in [9.17, 15) is 4.79 Å². The van der Waals surface area contributed by atoms with Crippen LogP contribution < -0.4 is 5.32 Å². The molecule has 0 radical (unpaired) electrons. The van der Waals surface area contributed by atoms with Gasteiger partial charge in [-0.15, -0.1) is 11.3 Å². The lowest BCUT2D eigenvalue weighted by molar-refractivity contribution is -0.121. The van der Waals surface area contributed by atoms with Crippen molar-refractivity contribution in [2.45, 2.75) is 26.0 Å². The highest BCUT2D eigenvalue weighted by Crippen LogP contribution is 2.35. The average molecular weight is 393 g/mol. The zero-order chi connectivity index (χ0) is 19.5. The van der Waals surface area contributed by atoms with Crippen LogP contribution in [0.3, 0.4) is 0 Å². The Hall–Kier alpha value is -3.02. The number of hydrogen-bond acceptors (Lipinski definition) is 6. The van der Waals surface area contributed by atoms with Gasteiger partial charge in [0.15, 0.2) is 5.13 Å². The Morgan fingerprint density at radius 1 is 1.39 bits per heavy atom. The fraction of sp³-hybridized carbons (Fsp3) is 0.300. The van der Waals surface area contributed by atoms with E-state index in [1.807, 2.05) is 35.2 Å². The van der Waals surface area contributed by atoms with Crippen LogP contribution in [0.2, 0.25) is 0 Å². The van der Waals surface area contributed by atoms with E-state index in [2.05, 4.69) is 21.5 Å². The lowest BCUT2D eigenvalue weighted by atomic mass is 9.98. The lowest BCUT2D eigenvalue weighted by Crippen LogP contribution is -2.26. The monoisotopic (exact) mass is 393 g/mol. The molecule has 0 aliphatic carbocycles. The zero-order valence-electron chi connectivity index (χ0n) is 15.3. The van der Waals surface area contributed by atoms with Crippen molar-refractivity contribution in [1.29, 1.82) is 5.26 Å². The summed E-state index contributed by atoms with van der Waals surface area (Å²) in [5, 5.41) is 18.6. The summed E-state index contributed by atoms with van der Waals surface area (Å²) in [5.74, 6) is -0.364. The smallest absolute Gasteiger partial charge is 0.232 e. The van der Waals surface area contributed by atoms with Gasteiger partial charge in [-0.3, -0.25) is 9.48 Å². The van der Waals surface area contributed by atoms with Crippen molar-refractivity contribution in [1.82, 2.24) is 14.8 Å². The van der Waals surface area contributed by atoms with Gasteiger partial charge in [-0.2, -0.15) is 10.4 Å². The van der Waals surface area contributed by atoms with E-state index in [4.69, 9.17) is 10.00 Å². The van der Waals surface area contributed by atoms with E-state index in [-0.39, 0.29) is 17.9 Å². The highest BCUT2D eigenvalue weighted by molar-refractivity contribution is 7.14. The Kier molecular flexibility index (Phi) is 5.19. The molecule has 2 atom stereocenters. The van der Waals surface area contributed by atoms with Crippen molar-refractivity contribution in [3.05, 3.63) is 53.2 Å². The molecule has 0 unspecified atom stereocenters. The number of amides is 1. The predicted octanol–water partition coefficient (Wildman–Crippen LogP) is 3.61. The molecule has 0 saturated carbocycles. The minimum Gasteiger partial charge on any atom is -0.371 e. The molecule has 1 fully saturated rings. The molecule has 1 aliphatic heterocycles. The molecule has 1 aliphatic rings. The van der Waals surface area contributed by atoms with E-state index in [1.54, 1.807) is 18.3 Å². The van der Waals surface area contributed by atoms with Crippen molar-refractivity contribution in [2.75, 3.05) is 11.9 Å². The quantitative estimate of drug-likeness (QED) is 0.715. The third-order valence-corrected chi connectivity index (χ3v) is 5.57. The Balaban J connectivity index is 1.47. The second kappa shape index (κ2) is 7.92. The first kappa shape index (κ1) is 18.3. The molecular formula is C20H19N5O2S. The number of nitrogens with one attached hydrogen (secondary N) is 1. The molecule has 1 N–H and O–H groups in total. The fourth-order valence-corrected chi connectivity index (χ4v) is 4.10. The van der Waals surface area contributed by atoms with Crippen molar-refractivity contribution < 1.29 is 9.53 Å². The van der Waals surface area contributed by atoms with E-state index < -0.39 is 0 Å². The highest BCUT2D eigenvalue weighted by Gasteiger charge is 2.37. The number of carbonyl (C=O) groups excluding carboxylic acids is 1.